The van der Waals surface area contributed by atoms with Gasteiger partial charge in [0.05, 0.1) is 7.11 Å². The van der Waals surface area contributed by atoms with Gasteiger partial charge in [-0.25, -0.2) is 4.79 Å². The predicted molar refractivity (Wildman–Crippen MR) is 80.7 cm³/mol. The van der Waals surface area contributed by atoms with Crippen molar-refractivity contribution in [3.8, 4) is 0 Å². The van der Waals surface area contributed by atoms with Crippen molar-refractivity contribution < 1.29 is 19.6 Å². The van der Waals surface area contributed by atoms with Crippen LogP contribution >= 0.6 is 11.6 Å². The minimum absolute atomic E-state index is 0.0986. The van der Waals surface area contributed by atoms with E-state index in [0.717, 1.165) is 5.56 Å². The molecule has 1 aromatic carbocycles. The molecule has 0 bridgehead atoms. The van der Waals surface area contributed by atoms with E-state index in [1.807, 2.05) is 26.0 Å². The van der Waals surface area contributed by atoms with Crippen LogP contribution in [0.3, 0.4) is 0 Å². The van der Waals surface area contributed by atoms with Crippen LogP contribution in [0.15, 0.2) is 24.3 Å². The molecule has 1 amide bonds. The SMILES string of the molecule is COC(=O)[C@H]([NH2+]CC(=O)NCc1ccc(Cl)cc1)C(C)C. The molecule has 0 unspecified atom stereocenters. The number of nitrogens with one attached hydrogen (secondary N) is 1. The lowest BCUT2D eigenvalue weighted by Crippen LogP contribution is -2.95. The van der Waals surface area contributed by atoms with Gasteiger partial charge in [-0.05, 0) is 17.7 Å². The first-order valence-corrected chi connectivity index (χ1v) is 7.24. The standard InChI is InChI=1S/C15H21ClN2O3/c1-10(2)14(15(20)21-3)18-9-13(19)17-8-11-4-6-12(16)7-5-11/h4-7,10,14,18H,8-9H2,1-3H3,(H,17,19)/p+1/t14-/m1/s1. The van der Waals surface area contributed by atoms with Crippen molar-refractivity contribution in [3.63, 3.8) is 0 Å². The summed E-state index contributed by atoms with van der Waals surface area (Å²) in [7, 11) is 1.35. The Morgan fingerprint density at radius 1 is 1.29 bits per heavy atom. The minimum atomic E-state index is -0.365. The zero-order chi connectivity index (χ0) is 15.8. The molecule has 1 aromatic rings. The molecule has 116 valence electrons. The topological polar surface area (TPSA) is 72.0 Å². The van der Waals surface area contributed by atoms with Gasteiger partial charge in [0, 0.05) is 17.5 Å². The van der Waals surface area contributed by atoms with Gasteiger partial charge in [-0.15, -0.1) is 0 Å². The third-order valence-corrected chi connectivity index (χ3v) is 3.40. The van der Waals surface area contributed by atoms with Crippen molar-refractivity contribution in [2.75, 3.05) is 13.7 Å². The smallest absolute Gasteiger partial charge is 0.364 e. The Labute approximate surface area is 130 Å². The lowest BCUT2D eigenvalue weighted by atomic mass is 10.0. The zero-order valence-corrected chi connectivity index (χ0v) is 13.3. The number of esters is 1. The Morgan fingerprint density at radius 3 is 2.43 bits per heavy atom. The number of carbonyl (C=O) groups is 2. The molecule has 6 heteroatoms. The average Bonchev–Trinajstić information content (AvgIpc) is 2.46. The second kappa shape index (κ2) is 8.64. The first kappa shape index (κ1) is 17.5. The van der Waals surface area contributed by atoms with Crippen LogP contribution in [0.25, 0.3) is 0 Å². The highest BCUT2D eigenvalue weighted by molar-refractivity contribution is 6.30. The molecule has 0 saturated heterocycles. The molecule has 1 rings (SSSR count). The highest BCUT2D eigenvalue weighted by atomic mass is 35.5. The molecule has 0 radical (unpaired) electrons. The summed E-state index contributed by atoms with van der Waals surface area (Å²) in [4.78, 5) is 23.4. The van der Waals surface area contributed by atoms with Gasteiger partial charge in [0.1, 0.15) is 0 Å². The summed E-state index contributed by atoms with van der Waals surface area (Å²) in [6.45, 7) is 4.47. The molecule has 0 aromatic heterocycles. The summed E-state index contributed by atoms with van der Waals surface area (Å²) in [5.74, 6) is -0.337. The minimum Gasteiger partial charge on any atom is -0.465 e. The van der Waals surface area contributed by atoms with Gasteiger partial charge in [0.2, 0.25) is 0 Å². The Bertz CT molecular complexity index is 474. The molecule has 0 aliphatic heterocycles. The largest absolute Gasteiger partial charge is 0.465 e. The maximum Gasteiger partial charge on any atom is 0.364 e. The Hall–Kier alpha value is -1.59. The molecule has 0 spiro atoms. The number of hydrogen-bond acceptors (Lipinski definition) is 3. The summed E-state index contributed by atoms with van der Waals surface area (Å²) in [6.07, 6.45) is 0. The van der Waals surface area contributed by atoms with E-state index in [0.29, 0.717) is 11.6 Å². The summed E-state index contributed by atoms with van der Waals surface area (Å²) < 4.78 is 4.73. The number of ether oxygens (including phenoxy) is 1. The van der Waals surface area contributed by atoms with Gasteiger partial charge in [-0.2, -0.15) is 0 Å². The average molecular weight is 314 g/mol. The fourth-order valence-corrected chi connectivity index (χ4v) is 2.01. The molecule has 0 aliphatic rings. The quantitative estimate of drug-likeness (QED) is 0.729. The van der Waals surface area contributed by atoms with Gasteiger partial charge in [0.15, 0.2) is 12.6 Å². The van der Waals surface area contributed by atoms with E-state index in [-0.39, 0.29) is 30.4 Å². The first-order valence-electron chi connectivity index (χ1n) is 6.86. The number of halogens is 1. The second-order valence-electron chi connectivity index (χ2n) is 5.14. The Balaban J connectivity index is 2.39. The monoisotopic (exact) mass is 313 g/mol. The molecule has 0 heterocycles. The van der Waals surface area contributed by atoms with Crippen molar-refractivity contribution in [2.45, 2.75) is 26.4 Å². The highest BCUT2D eigenvalue weighted by Crippen LogP contribution is 2.08. The van der Waals surface area contributed by atoms with Gasteiger partial charge in [0.25, 0.3) is 5.91 Å². The normalized spacial score (nSPS) is 12.0. The molecular formula is C15H22ClN2O3+. The maximum atomic E-state index is 11.8. The van der Waals surface area contributed by atoms with Gasteiger partial charge in [-0.3, -0.25) is 4.79 Å². The first-order chi connectivity index (χ1) is 9.93. The molecule has 0 aliphatic carbocycles. The predicted octanol–water partition coefficient (Wildman–Crippen LogP) is 0.717. The van der Waals surface area contributed by atoms with E-state index in [1.54, 1.807) is 17.4 Å². The third-order valence-electron chi connectivity index (χ3n) is 3.15. The van der Waals surface area contributed by atoms with Crippen molar-refractivity contribution >= 4 is 23.5 Å². The summed E-state index contributed by atoms with van der Waals surface area (Å²) in [6, 6.07) is 6.91. The highest BCUT2D eigenvalue weighted by Gasteiger charge is 2.27. The molecular weight excluding hydrogens is 292 g/mol. The van der Waals surface area contributed by atoms with Crippen molar-refractivity contribution in [2.24, 2.45) is 5.92 Å². The lowest BCUT2D eigenvalue weighted by molar-refractivity contribution is -0.673. The fourth-order valence-electron chi connectivity index (χ4n) is 1.89. The van der Waals surface area contributed by atoms with Gasteiger partial charge < -0.3 is 15.4 Å². The fraction of sp³-hybridized carbons (Fsp3) is 0.467. The molecule has 1 atom stereocenters. The van der Waals surface area contributed by atoms with Crippen LogP contribution in [0, 0.1) is 5.92 Å². The number of nitrogens with two attached hydrogens (primary N) is 1. The van der Waals surface area contributed by atoms with E-state index in [9.17, 15) is 9.59 Å². The van der Waals surface area contributed by atoms with Crippen LogP contribution in [0.2, 0.25) is 5.02 Å². The van der Waals surface area contributed by atoms with Gasteiger partial charge >= 0.3 is 5.97 Å². The van der Waals surface area contributed by atoms with Crippen molar-refractivity contribution in [3.05, 3.63) is 34.9 Å². The summed E-state index contributed by atoms with van der Waals surface area (Å²) in [5.41, 5.74) is 0.973. The van der Waals surface area contributed by atoms with Crippen LogP contribution in [0.4, 0.5) is 0 Å². The van der Waals surface area contributed by atoms with E-state index in [4.69, 9.17) is 16.3 Å². The summed E-state index contributed by atoms with van der Waals surface area (Å²) in [5, 5.41) is 5.17. The van der Waals surface area contributed by atoms with Crippen LogP contribution < -0.4 is 10.6 Å². The lowest BCUT2D eigenvalue weighted by Gasteiger charge is -2.16. The molecule has 5 nitrogen and oxygen atoms in total. The zero-order valence-electron chi connectivity index (χ0n) is 12.6. The van der Waals surface area contributed by atoms with Crippen LogP contribution in [0.5, 0.6) is 0 Å². The number of quaternary nitrogens is 1. The van der Waals surface area contributed by atoms with Crippen molar-refractivity contribution in [1.82, 2.24) is 5.32 Å². The number of carbonyl (C=O) groups excluding carboxylic acids is 2. The van der Waals surface area contributed by atoms with Crippen LogP contribution in [0.1, 0.15) is 19.4 Å². The number of amides is 1. The molecule has 0 fully saturated rings. The number of rotatable bonds is 7. The van der Waals surface area contributed by atoms with Gasteiger partial charge in [-0.1, -0.05) is 37.6 Å². The van der Waals surface area contributed by atoms with Crippen LogP contribution in [-0.2, 0) is 20.9 Å². The Morgan fingerprint density at radius 2 is 1.90 bits per heavy atom. The molecule has 21 heavy (non-hydrogen) atoms. The number of methoxy groups -OCH3 is 1. The van der Waals surface area contributed by atoms with E-state index >= 15 is 0 Å². The number of hydrogen-bond donors (Lipinski definition) is 2. The number of benzene rings is 1. The maximum absolute atomic E-state index is 11.8. The van der Waals surface area contributed by atoms with E-state index in [2.05, 4.69) is 5.32 Å². The van der Waals surface area contributed by atoms with E-state index < -0.39 is 0 Å². The molecule has 0 saturated carbocycles. The van der Waals surface area contributed by atoms with E-state index in [1.165, 1.54) is 7.11 Å². The Kier molecular flexibility index (Phi) is 7.19. The molecule has 3 N–H and O–H groups in total. The van der Waals surface area contributed by atoms with Crippen LogP contribution in [-0.4, -0.2) is 31.6 Å². The summed E-state index contributed by atoms with van der Waals surface area (Å²) >= 11 is 5.80. The van der Waals surface area contributed by atoms with Crippen molar-refractivity contribution in [1.29, 1.82) is 0 Å². The third kappa shape index (κ3) is 6.14. The second-order valence-corrected chi connectivity index (χ2v) is 5.57.